The van der Waals surface area contributed by atoms with E-state index in [1.807, 2.05) is 6.92 Å². The quantitative estimate of drug-likeness (QED) is 0.446. The van der Waals surface area contributed by atoms with Crippen LogP contribution >= 0.6 is 0 Å². The molecule has 0 aromatic heterocycles. The van der Waals surface area contributed by atoms with Crippen molar-refractivity contribution in [1.29, 1.82) is 0 Å². The van der Waals surface area contributed by atoms with Crippen LogP contribution in [0, 0.1) is 15.9 Å². The number of nitro groups is 1. The molecule has 0 radical (unpaired) electrons. The summed E-state index contributed by atoms with van der Waals surface area (Å²) in [6.07, 6.45) is 2.10. The van der Waals surface area contributed by atoms with Crippen LogP contribution in [0.5, 0.6) is 0 Å². The summed E-state index contributed by atoms with van der Waals surface area (Å²) in [5.41, 5.74) is -0.814. The summed E-state index contributed by atoms with van der Waals surface area (Å²) in [5.74, 6) is -2.63. The maximum atomic E-state index is 13.2. The van der Waals surface area contributed by atoms with Crippen molar-refractivity contribution in [2.75, 3.05) is 16.8 Å². The van der Waals surface area contributed by atoms with Crippen LogP contribution in [0.15, 0.2) is 18.2 Å². The van der Waals surface area contributed by atoms with Gasteiger partial charge in [-0.05, 0) is 18.6 Å². The van der Waals surface area contributed by atoms with E-state index in [-0.39, 0.29) is 11.4 Å². The molecule has 7 nitrogen and oxygen atoms in total. The van der Waals surface area contributed by atoms with Gasteiger partial charge in [0.1, 0.15) is 5.75 Å². The smallest absolute Gasteiger partial charge is 0.306 e. The van der Waals surface area contributed by atoms with Crippen molar-refractivity contribution in [1.82, 2.24) is 0 Å². The molecule has 22 heavy (non-hydrogen) atoms. The molecule has 0 saturated heterocycles. The van der Waals surface area contributed by atoms with Crippen LogP contribution in [0.4, 0.5) is 15.8 Å². The number of anilines is 1. The van der Waals surface area contributed by atoms with Crippen molar-refractivity contribution >= 4 is 27.1 Å². The van der Waals surface area contributed by atoms with Gasteiger partial charge < -0.3 is 5.32 Å². The number of amides is 1. The first-order chi connectivity index (χ1) is 10.2. The molecule has 0 fully saturated rings. The molecule has 122 valence electrons. The molecular formula is C13H17FN2O5S. The van der Waals surface area contributed by atoms with Crippen LogP contribution in [0.3, 0.4) is 0 Å². The second kappa shape index (κ2) is 7.83. The molecule has 1 aromatic rings. The van der Waals surface area contributed by atoms with Gasteiger partial charge in [0.25, 0.3) is 0 Å². The highest BCUT2D eigenvalue weighted by Gasteiger charge is 2.19. The van der Waals surface area contributed by atoms with Crippen molar-refractivity contribution in [3.05, 3.63) is 34.1 Å². The van der Waals surface area contributed by atoms with Gasteiger partial charge in [0.2, 0.25) is 11.7 Å². The van der Waals surface area contributed by atoms with Crippen LogP contribution in [0.25, 0.3) is 0 Å². The summed E-state index contributed by atoms with van der Waals surface area (Å²) in [6.45, 7) is 1.93. The monoisotopic (exact) mass is 332 g/mol. The molecule has 0 bridgehead atoms. The van der Waals surface area contributed by atoms with E-state index >= 15 is 0 Å². The topological polar surface area (TPSA) is 106 Å². The van der Waals surface area contributed by atoms with Crippen LogP contribution in [-0.4, -0.2) is 30.8 Å². The summed E-state index contributed by atoms with van der Waals surface area (Å²) in [6, 6.07) is 2.81. The highest BCUT2D eigenvalue weighted by molar-refractivity contribution is 7.92. The Morgan fingerprint density at radius 2 is 2.05 bits per heavy atom. The zero-order valence-electron chi connectivity index (χ0n) is 12.0. The lowest BCUT2D eigenvalue weighted by Crippen LogP contribution is -2.24. The molecule has 1 rings (SSSR count). The Morgan fingerprint density at radius 1 is 1.36 bits per heavy atom. The first-order valence-electron chi connectivity index (χ1n) is 6.69. The highest BCUT2D eigenvalue weighted by atomic mass is 32.2. The lowest BCUT2D eigenvalue weighted by Gasteiger charge is -2.06. The molecule has 0 aliphatic heterocycles. The number of benzene rings is 1. The van der Waals surface area contributed by atoms with Gasteiger partial charge in [0.05, 0.1) is 10.7 Å². The molecule has 0 spiro atoms. The number of carbonyl (C=O) groups excluding carboxylic acids is 1. The lowest BCUT2D eigenvalue weighted by molar-refractivity contribution is -0.387. The number of sulfone groups is 1. The van der Waals surface area contributed by atoms with Crippen LogP contribution in [-0.2, 0) is 14.6 Å². The van der Waals surface area contributed by atoms with Gasteiger partial charge in [-0.3, -0.25) is 14.9 Å². The van der Waals surface area contributed by atoms with Crippen molar-refractivity contribution in [3.8, 4) is 0 Å². The molecule has 1 N–H and O–H groups in total. The average molecular weight is 332 g/mol. The normalized spacial score (nSPS) is 11.2. The molecule has 0 heterocycles. The van der Waals surface area contributed by atoms with Gasteiger partial charge >= 0.3 is 5.69 Å². The number of hydrogen-bond donors (Lipinski definition) is 1. The summed E-state index contributed by atoms with van der Waals surface area (Å²) < 4.78 is 36.6. The summed E-state index contributed by atoms with van der Waals surface area (Å²) in [5, 5.41) is 12.8. The number of unbranched alkanes of at least 4 members (excludes halogenated alkanes) is 2. The third-order valence-electron chi connectivity index (χ3n) is 2.84. The third kappa shape index (κ3) is 5.76. The molecule has 1 aromatic carbocycles. The van der Waals surface area contributed by atoms with Gasteiger partial charge in [-0.1, -0.05) is 19.8 Å². The Morgan fingerprint density at radius 3 is 2.64 bits per heavy atom. The third-order valence-corrected chi connectivity index (χ3v) is 4.45. The van der Waals surface area contributed by atoms with Crippen LogP contribution < -0.4 is 5.32 Å². The highest BCUT2D eigenvalue weighted by Crippen LogP contribution is 2.21. The van der Waals surface area contributed by atoms with Gasteiger partial charge in [0.15, 0.2) is 9.84 Å². The fourth-order valence-electron chi connectivity index (χ4n) is 1.77. The number of carbonyl (C=O) groups is 1. The maximum Gasteiger partial charge on any atom is 0.306 e. The van der Waals surface area contributed by atoms with Crippen molar-refractivity contribution in [2.24, 2.45) is 0 Å². The first kappa shape index (κ1) is 18.0. The number of hydrogen-bond acceptors (Lipinski definition) is 5. The van der Waals surface area contributed by atoms with Gasteiger partial charge in [0, 0.05) is 11.8 Å². The maximum absolute atomic E-state index is 13.2. The van der Waals surface area contributed by atoms with Crippen molar-refractivity contribution in [3.63, 3.8) is 0 Å². The van der Waals surface area contributed by atoms with Crippen molar-refractivity contribution in [2.45, 2.75) is 26.2 Å². The zero-order valence-corrected chi connectivity index (χ0v) is 12.9. The molecule has 0 atom stereocenters. The predicted octanol–water partition coefficient (Wildman–Crippen LogP) is 2.28. The average Bonchev–Trinajstić information content (AvgIpc) is 2.40. The van der Waals surface area contributed by atoms with E-state index in [2.05, 4.69) is 5.32 Å². The molecule has 9 heteroatoms. The van der Waals surface area contributed by atoms with Gasteiger partial charge in [-0.15, -0.1) is 0 Å². The molecule has 0 aliphatic carbocycles. The predicted molar refractivity (Wildman–Crippen MR) is 79.9 cm³/mol. The van der Waals surface area contributed by atoms with E-state index in [0.29, 0.717) is 6.42 Å². The zero-order chi connectivity index (χ0) is 16.8. The Bertz CT molecular complexity index is 660. The van der Waals surface area contributed by atoms with E-state index in [1.165, 1.54) is 0 Å². The van der Waals surface area contributed by atoms with Crippen LogP contribution in [0.1, 0.15) is 26.2 Å². The SMILES string of the molecule is CCCCCS(=O)(=O)CC(=O)Nc1ccc(F)c([N+](=O)[O-])c1. The van der Waals surface area contributed by atoms with E-state index in [4.69, 9.17) is 0 Å². The molecular weight excluding hydrogens is 315 g/mol. The van der Waals surface area contributed by atoms with E-state index in [1.54, 1.807) is 0 Å². The fraction of sp³-hybridized carbons (Fsp3) is 0.462. The fourth-order valence-corrected chi connectivity index (χ4v) is 3.03. The molecule has 0 unspecified atom stereocenters. The summed E-state index contributed by atoms with van der Waals surface area (Å²) in [4.78, 5) is 21.3. The van der Waals surface area contributed by atoms with Crippen LogP contribution in [0.2, 0.25) is 0 Å². The second-order valence-corrected chi connectivity index (χ2v) is 6.95. The summed E-state index contributed by atoms with van der Waals surface area (Å²) in [7, 11) is -3.53. The minimum absolute atomic E-state index is 0.0261. The van der Waals surface area contributed by atoms with E-state index in [9.17, 15) is 27.7 Å². The largest absolute Gasteiger partial charge is 0.325 e. The van der Waals surface area contributed by atoms with Gasteiger partial charge in [-0.2, -0.15) is 4.39 Å². The van der Waals surface area contributed by atoms with E-state index < -0.39 is 37.9 Å². The number of nitrogens with one attached hydrogen (secondary N) is 1. The molecule has 0 aliphatic rings. The summed E-state index contributed by atoms with van der Waals surface area (Å²) >= 11 is 0. The minimum Gasteiger partial charge on any atom is -0.325 e. The Balaban J connectivity index is 2.69. The molecule has 0 saturated carbocycles. The number of rotatable bonds is 8. The molecule has 1 amide bonds. The Hall–Kier alpha value is -2.03. The Kier molecular flexibility index (Phi) is 6.41. The minimum atomic E-state index is -3.53. The number of nitro benzene ring substituents is 1. The lowest BCUT2D eigenvalue weighted by atomic mass is 10.2. The standard InChI is InChI=1S/C13H17FN2O5S/c1-2-3-4-7-22(20,21)9-13(17)15-10-5-6-11(14)12(8-10)16(18)19/h5-6,8H,2-4,7,9H2,1H3,(H,15,17). The first-order valence-corrected chi connectivity index (χ1v) is 8.51. The second-order valence-electron chi connectivity index (χ2n) is 4.77. The number of nitrogens with zero attached hydrogens (tertiary/aromatic N) is 1. The number of halogens is 1. The van der Waals surface area contributed by atoms with E-state index in [0.717, 1.165) is 31.0 Å². The Labute approximate surface area is 127 Å². The van der Waals surface area contributed by atoms with Crippen molar-refractivity contribution < 1.29 is 22.5 Å². The van der Waals surface area contributed by atoms with Gasteiger partial charge in [-0.25, -0.2) is 8.42 Å².